The first-order valence-electron chi connectivity index (χ1n) is 11.9. The number of nitrogens with two attached hydrogens (primary N) is 1. The third-order valence-corrected chi connectivity index (χ3v) is 5.96. The van der Waals surface area contributed by atoms with Crippen LogP contribution in [0.3, 0.4) is 0 Å². The Balaban J connectivity index is 1.70. The summed E-state index contributed by atoms with van der Waals surface area (Å²) >= 11 is 0. The third kappa shape index (κ3) is 5.50. The van der Waals surface area contributed by atoms with Crippen molar-refractivity contribution in [2.75, 3.05) is 58.8 Å². The zero-order chi connectivity index (χ0) is 26.5. The van der Waals surface area contributed by atoms with Gasteiger partial charge in [0.05, 0.1) is 25.1 Å². The first-order chi connectivity index (χ1) is 17.8. The highest BCUT2D eigenvalue weighted by Gasteiger charge is 2.21. The van der Waals surface area contributed by atoms with Gasteiger partial charge >= 0.3 is 5.69 Å². The summed E-state index contributed by atoms with van der Waals surface area (Å²) in [5, 5.41) is 0. The average molecular weight is 504 g/mol. The topological polar surface area (TPSA) is 104 Å². The van der Waals surface area contributed by atoms with Crippen molar-refractivity contribution in [2.24, 2.45) is 0 Å². The summed E-state index contributed by atoms with van der Waals surface area (Å²) in [4.78, 5) is 26.5. The van der Waals surface area contributed by atoms with E-state index >= 15 is 0 Å². The molecule has 0 aliphatic heterocycles. The first kappa shape index (κ1) is 25.9. The molecule has 2 heterocycles. The quantitative estimate of drug-likeness (QED) is 0.200. The van der Waals surface area contributed by atoms with Crippen LogP contribution in [-0.2, 0) is 4.74 Å². The van der Waals surface area contributed by atoms with E-state index in [1.165, 1.54) is 10.9 Å². The van der Waals surface area contributed by atoms with Crippen LogP contribution in [0.15, 0.2) is 65.7 Å². The lowest BCUT2D eigenvalue weighted by Gasteiger charge is -2.19. The summed E-state index contributed by atoms with van der Waals surface area (Å²) in [5.41, 5.74) is 9.91. The number of benzene rings is 2. The average Bonchev–Trinajstić information content (AvgIpc) is 3.19. The highest BCUT2D eigenvalue weighted by molar-refractivity contribution is 5.85. The molecule has 0 radical (unpaired) electrons. The number of anilines is 2. The fourth-order valence-corrected chi connectivity index (χ4v) is 4.02. The molecule has 2 N–H and O–H groups in total. The molecule has 0 saturated heterocycles. The van der Waals surface area contributed by atoms with Crippen LogP contribution in [0.4, 0.5) is 11.5 Å². The van der Waals surface area contributed by atoms with Crippen molar-refractivity contribution in [2.45, 2.75) is 6.92 Å². The van der Waals surface area contributed by atoms with Crippen molar-refractivity contribution in [3.05, 3.63) is 77.0 Å². The molecule has 4 aromatic rings. The minimum Gasteiger partial charge on any atom is -0.496 e. The molecule has 194 valence electrons. The lowest BCUT2D eigenvalue weighted by atomic mass is 10.2. The predicted molar refractivity (Wildman–Crippen MR) is 147 cm³/mol. The number of likely N-dealkylation sites (N-methyl/N-ethyl adjacent to an activating group) is 1. The molecule has 0 atom stereocenters. The zero-order valence-corrected chi connectivity index (χ0v) is 21.9. The van der Waals surface area contributed by atoms with E-state index < -0.39 is 0 Å². The van der Waals surface area contributed by atoms with Gasteiger partial charge in [0, 0.05) is 25.3 Å². The van der Waals surface area contributed by atoms with Crippen LogP contribution in [0.25, 0.3) is 22.5 Å². The molecule has 0 spiro atoms. The first-order valence-corrected chi connectivity index (χ1v) is 11.9. The molecular formula is C27H33N7O3. The van der Waals surface area contributed by atoms with Gasteiger partial charge in [-0.1, -0.05) is 24.3 Å². The van der Waals surface area contributed by atoms with Crippen molar-refractivity contribution < 1.29 is 9.47 Å². The van der Waals surface area contributed by atoms with Gasteiger partial charge in [0.1, 0.15) is 24.3 Å². The van der Waals surface area contributed by atoms with Crippen LogP contribution in [0.1, 0.15) is 5.56 Å². The summed E-state index contributed by atoms with van der Waals surface area (Å²) in [7, 11) is 7.58. The van der Waals surface area contributed by atoms with Gasteiger partial charge in [-0.25, -0.2) is 19.3 Å². The zero-order valence-electron chi connectivity index (χ0n) is 21.9. The highest BCUT2D eigenvalue weighted by atomic mass is 16.5. The minimum atomic E-state index is -0.310. The standard InChI is InChI=1S/C27H33N7O3/c1-19-11-12-22(16-23(19)36-5)33-24-25(28)29-17-30-26(24)34(27(33)35)21-10-8-9-20(15-21)32(4)18-37-14-7-6-13-31(2)3/h6-12,15-17H,13-14,18H2,1-5H3,(H2,28,29,30)/b7-6+. The van der Waals surface area contributed by atoms with Gasteiger partial charge in [0.2, 0.25) is 0 Å². The Morgan fingerprint density at radius 1 is 1.03 bits per heavy atom. The van der Waals surface area contributed by atoms with Gasteiger partial charge in [0.15, 0.2) is 11.5 Å². The van der Waals surface area contributed by atoms with E-state index in [-0.39, 0.29) is 11.5 Å². The Labute approximate surface area is 216 Å². The number of aryl methyl sites for hydroxylation is 1. The van der Waals surface area contributed by atoms with E-state index in [1.807, 2.05) is 81.5 Å². The van der Waals surface area contributed by atoms with E-state index in [0.717, 1.165) is 17.8 Å². The largest absolute Gasteiger partial charge is 0.496 e. The SMILES string of the molecule is COc1cc(-n2c(=O)n(-c3cccc(N(C)COC/C=C/CN(C)C)c3)c3ncnc(N)c32)ccc1C. The lowest BCUT2D eigenvalue weighted by molar-refractivity contribution is 0.165. The normalized spacial score (nSPS) is 11.6. The summed E-state index contributed by atoms with van der Waals surface area (Å²) < 4.78 is 14.3. The van der Waals surface area contributed by atoms with Crippen molar-refractivity contribution in [1.82, 2.24) is 24.0 Å². The Kier molecular flexibility index (Phi) is 7.90. The maximum absolute atomic E-state index is 13.8. The number of rotatable bonds is 10. The number of aromatic nitrogens is 4. The monoisotopic (exact) mass is 503 g/mol. The molecule has 0 aliphatic rings. The molecular weight excluding hydrogens is 470 g/mol. The van der Waals surface area contributed by atoms with Crippen molar-refractivity contribution in [3.8, 4) is 17.1 Å². The number of fused-ring (bicyclic) bond motifs is 1. The molecule has 0 fully saturated rings. The van der Waals surface area contributed by atoms with Gasteiger partial charge in [0.25, 0.3) is 0 Å². The lowest BCUT2D eigenvalue weighted by Crippen LogP contribution is -2.24. The van der Waals surface area contributed by atoms with Crippen LogP contribution >= 0.6 is 0 Å². The van der Waals surface area contributed by atoms with Gasteiger partial charge in [-0.15, -0.1) is 0 Å². The second kappa shape index (κ2) is 11.3. The summed E-state index contributed by atoms with van der Waals surface area (Å²) in [6.45, 7) is 3.72. The van der Waals surface area contributed by atoms with Crippen molar-refractivity contribution in [3.63, 3.8) is 0 Å². The van der Waals surface area contributed by atoms with Crippen molar-refractivity contribution >= 4 is 22.7 Å². The molecule has 4 rings (SSSR count). The third-order valence-electron chi connectivity index (χ3n) is 5.96. The van der Waals surface area contributed by atoms with E-state index in [2.05, 4.69) is 20.9 Å². The number of nitrogens with zero attached hydrogens (tertiary/aromatic N) is 6. The fraction of sp³-hybridized carbons (Fsp3) is 0.296. The Morgan fingerprint density at radius 3 is 2.57 bits per heavy atom. The number of ether oxygens (including phenoxy) is 2. The summed E-state index contributed by atoms with van der Waals surface area (Å²) in [6.07, 6.45) is 5.43. The predicted octanol–water partition coefficient (Wildman–Crippen LogP) is 3.00. The molecule has 10 heteroatoms. The fourth-order valence-electron chi connectivity index (χ4n) is 4.02. The Hall–Kier alpha value is -4.15. The van der Waals surface area contributed by atoms with E-state index in [4.69, 9.17) is 15.2 Å². The molecule has 0 aliphatic carbocycles. The number of methoxy groups -OCH3 is 1. The molecule has 37 heavy (non-hydrogen) atoms. The number of imidazole rings is 1. The molecule has 2 aromatic carbocycles. The second-order valence-corrected chi connectivity index (χ2v) is 8.99. The summed E-state index contributed by atoms with van der Waals surface area (Å²) in [5.74, 6) is 0.880. The van der Waals surface area contributed by atoms with E-state index in [0.29, 0.717) is 41.6 Å². The van der Waals surface area contributed by atoms with Gasteiger partial charge < -0.3 is 25.0 Å². The Bertz CT molecular complexity index is 1470. The van der Waals surface area contributed by atoms with Crippen molar-refractivity contribution in [1.29, 1.82) is 0 Å². The number of hydrogen-bond donors (Lipinski definition) is 1. The van der Waals surface area contributed by atoms with Crippen LogP contribution < -0.4 is 21.1 Å². The molecule has 2 aromatic heterocycles. The van der Waals surface area contributed by atoms with Gasteiger partial charge in [-0.3, -0.25) is 4.57 Å². The maximum Gasteiger partial charge on any atom is 0.339 e. The van der Waals surface area contributed by atoms with Crippen LogP contribution in [0, 0.1) is 6.92 Å². The summed E-state index contributed by atoms with van der Waals surface area (Å²) in [6, 6.07) is 13.2. The second-order valence-electron chi connectivity index (χ2n) is 8.99. The number of hydrogen-bond acceptors (Lipinski definition) is 8. The molecule has 0 saturated carbocycles. The smallest absolute Gasteiger partial charge is 0.339 e. The minimum absolute atomic E-state index is 0.212. The molecule has 0 amide bonds. The molecule has 10 nitrogen and oxygen atoms in total. The number of nitrogen functional groups attached to an aromatic ring is 1. The van der Waals surface area contributed by atoms with E-state index in [9.17, 15) is 4.79 Å². The van der Waals surface area contributed by atoms with E-state index in [1.54, 1.807) is 11.7 Å². The van der Waals surface area contributed by atoms with Gasteiger partial charge in [-0.05, 0) is 50.8 Å². The maximum atomic E-state index is 13.8. The van der Waals surface area contributed by atoms with Crippen LogP contribution in [0.2, 0.25) is 0 Å². The Morgan fingerprint density at radius 2 is 1.81 bits per heavy atom. The van der Waals surface area contributed by atoms with Crippen LogP contribution in [-0.4, -0.2) is 72.1 Å². The van der Waals surface area contributed by atoms with Gasteiger partial charge in [-0.2, -0.15) is 0 Å². The molecule has 0 bridgehead atoms. The van der Waals surface area contributed by atoms with Crippen LogP contribution in [0.5, 0.6) is 5.75 Å². The molecule has 0 unspecified atom stereocenters. The highest BCUT2D eigenvalue weighted by Crippen LogP contribution is 2.27.